The van der Waals surface area contributed by atoms with Gasteiger partial charge in [-0.15, -0.1) is 11.3 Å². The predicted octanol–water partition coefficient (Wildman–Crippen LogP) is 4.94. The molecule has 7 heteroatoms. The quantitative estimate of drug-likeness (QED) is 0.576. The van der Waals surface area contributed by atoms with Crippen molar-refractivity contribution in [1.29, 1.82) is 0 Å². The molecule has 0 saturated carbocycles. The van der Waals surface area contributed by atoms with Crippen LogP contribution in [0.4, 0.5) is 0 Å². The maximum Gasteiger partial charge on any atom is 0.227 e. The van der Waals surface area contributed by atoms with Gasteiger partial charge in [-0.25, -0.2) is 9.97 Å². The van der Waals surface area contributed by atoms with Crippen molar-refractivity contribution in [3.8, 4) is 0 Å². The van der Waals surface area contributed by atoms with Crippen molar-refractivity contribution >= 4 is 28.8 Å². The number of benzene rings is 1. The minimum Gasteiger partial charge on any atom is -0.445 e. The summed E-state index contributed by atoms with van der Waals surface area (Å²) in [5.41, 5.74) is 2.06. The lowest BCUT2D eigenvalue weighted by atomic mass is 9.97. The van der Waals surface area contributed by atoms with Gasteiger partial charge in [-0.1, -0.05) is 23.7 Å². The van der Waals surface area contributed by atoms with Crippen molar-refractivity contribution in [1.82, 2.24) is 14.9 Å². The summed E-state index contributed by atoms with van der Waals surface area (Å²) in [5, 5.41) is 1.73. The van der Waals surface area contributed by atoms with Gasteiger partial charge in [0.2, 0.25) is 5.91 Å². The number of likely N-dealkylation sites (tertiary alicyclic amines) is 1. The number of hydrogen-bond acceptors (Lipinski definition) is 5. The number of halogens is 1. The molecule has 0 unspecified atom stereocenters. The van der Waals surface area contributed by atoms with Gasteiger partial charge in [-0.3, -0.25) is 4.79 Å². The minimum absolute atomic E-state index is 0.144. The van der Waals surface area contributed by atoms with Crippen molar-refractivity contribution in [2.24, 2.45) is 0 Å². The van der Waals surface area contributed by atoms with Crippen molar-refractivity contribution in [3.05, 3.63) is 68.3 Å². The number of rotatable bonds is 5. The normalized spacial score (nSPS) is 16.9. The van der Waals surface area contributed by atoms with Crippen LogP contribution >= 0.6 is 22.9 Å². The molecule has 4 rings (SSSR count). The summed E-state index contributed by atoms with van der Waals surface area (Å²) in [6.45, 7) is 5.40. The molecule has 0 aliphatic carbocycles. The number of carbonyl (C=O) groups excluding carboxylic acids is 1. The summed E-state index contributed by atoms with van der Waals surface area (Å²) in [7, 11) is 0. The van der Waals surface area contributed by atoms with Gasteiger partial charge in [0.25, 0.3) is 0 Å². The maximum atomic E-state index is 12.8. The largest absolute Gasteiger partial charge is 0.445 e. The molecule has 1 aliphatic heterocycles. The lowest BCUT2D eigenvalue weighted by molar-refractivity contribution is -0.131. The molecule has 3 heterocycles. The number of hydrogen-bond donors (Lipinski definition) is 0. The highest BCUT2D eigenvalue weighted by Gasteiger charge is 2.28. The SMILES string of the molecule is Cc1nc(C)c(CC(=O)N2CCC[C@@H](c3ncc(Cc4cccc(Cl)c4)o3)C2)s1. The molecule has 5 nitrogen and oxygen atoms in total. The van der Waals surface area contributed by atoms with Gasteiger partial charge in [-0.2, -0.15) is 0 Å². The van der Waals surface area contributed by atoms with Gasteiger partial charge in [0.05, 0.1) is 29.2 Å². The number of oxazole rings is 1. The topological polar surface area (TPSA) is 59.2 Å². The molecule has 29 heavy (non-hydrogen) atoms. The van der Waals surface area contributed by atoms with Crippen LogP contribution in [0.2, 0.25) is 5.02 Å². The Hall–Kier alpha value is -2.18. The van der Waals surface area contributed by atoms with Crippen molar-refractivity contribution in [2.75, 3.05) is 13.1 Å². The predicted molar refractivity (Wildman–Crippen MR) is 115 cm³/mol. The summed E-state index contributed by atoms with van der Waals surface area (Å²) in [6, 6.07) is 7.76. The van der Waals surface area contributed by atoms with E-state index in [1.807, 2.05) is 43.0 Å². The van der Waals surface area contributed by atoms with Gasteiger partial charge < -0.3 is 9.32 Å². The van der Waals surface area contributed by atoms with Gasteiger partial charge in [0, 0.05) is 29.4 Å². The average Bonchev–Trinajstić information content (AvgIpc) is 3.28. The van der Waals surface area contributed by atoms with Crippen LogP contribution in [0.25, 0.3) is 0 Å². The fourth-order valence-electron chi connectivity index (χ4n) is 3.83. The fraction of sp³-hybridized carbons (Fsp3) is 0.409. The van der Waals surface area contributed by atoms with Crippen LogP contribution in [0.15, 0.2) is 34.9 Å². The van der Waals surface area contributed by atoms with E-state index in [4.69, 9.17) is 16.0 Å². The lowest BCUT2D eigenvalue weighted by Gasteiger charge is -2.31. The summed E-state index contributed by atoms with van der Waals surface area (Å²) in [5.74, 6) is 1.85. The maximum absolute atomic E-state index is 12.8. The Labute approximate surface area is 179 Å². The summed E-state index contributed by atoms with van der Waals surface area (Å²) in [6.07, 6.45) is 4.83. The van der Waals surface area contributed by atoms with E-state index in [1.165, 1.54) is 0 Å². The molecule has 152 valence electrons. The Balaban J connectivity index is 1.40. The average molecular weight is 430 g/mol. The molecule has 1 atom stereocenters. The number of thiazole rings is 1. The zero-order valence-corrected chi connectivity index (χ0v) is 18.2. The Morgan fingerprint density at radius 2 is 2.24 bits per heavy atom. The summed E-state index contributed by atoms with van der Waals surface area (Å²) < 4.78 is 6.04. The first-order valence-electron chi connectivity index (χ1n) is 9.87. The highest BCUT2D eigenvalue weighted by molar-refractivity contribution is 7.11. The molecular weight excluding hydrogens is 406 g/mol. The number of carbonyl (C=O) groups is 1. The van der Waals surface area contributed by atoms with Crippen LogP contribution in [-0.2, 0) is 17.6 Å². The Kier molecular flexibility index (Phi) is 6.01. The van der Waals surface area contributed by atoms with E-state index in [0.717, 1.165) is 57.2 Å². The molecule has 1 aliphatic rings. The van der Waals surface area contributed by atoms with Crippen molar-refractivity contribution in [2.45, 2.75) is 45.4 Å². The van der Waals surface area contributed by atoms with Gasteiger partial charge >= 0.3 is 0 Å². The number of amides is 1. The van der Waals surface area contributed by atoms with Crippen LogP contribution in [0, 0.1) is 13.8 Å². The lowest BCUT2D eigenvalue weighted by Crippen LogP contribution is -2.40. The molecule has 0 radical (unpaired) electrons. The molecule has 2 aromatic heterocycles. The third kappa shape index (κ3) is 4.87. The second-order valence-corrected chi connectivity index (χ2v) is 9.29. The summed E-state index contributed by atoms with van der Waals surface area (Å²) in [4.78, 5) is 24.8. The fourth-order valence-corrected chi connectivity index (χ4v) is 4.97. The highest BCUT2D eigenvalue weighted by atomic mass is 35.5. The smallest absolute Gasteiger partial charge is 0.227 e. The molecule has 0 N–H and O–H groups in total. The van der Waals surface area contributed by atoms with E-state index in [-0.39, 0.29) is 11.8 Å². The van der Waals surface area contributed by atoms with Crippen LogP contribution < -0.4 is 0 Å². The van der Waals surface area contributed by atoms with E-state index in [9.17, 15) is 4.79 Å². The zero-order chi connectivity index (χ0) is 20.4. The zero-order valence-electron chi connectivity index (χ0n) is 16.7. The van der Waals surface area contributed by atoms with Gasteiger partial charge in [0.1, 0.15) is 5.76 Å². The van der Waals surface area contributed by atoms with Crippen LogP contribution in [0.1, 0.15) is 51.6 Å². The monoisotopic (exact) mass is 429 g/mol. The van der Waals surface area contributed by atoms with Gasteiger partial charge in [-0.05, 0) is 44.4 Å². The Morgan fingerprint density at radius 1 is 1.38 bits per heavy atom. The standard InChI is InChI=1S/C22H24ClN3O2S/c1-14-20(29-15(2)25-14)11-21(27)26-8-4-6-17(13-26)22-24-12-19(28-22)10-16-5-3-7-18(23)9-16/h3,5,7,9,12,17H,4,6,8,10-11,13H2,1-2H3/t17-/m1/s1. The van der Waals surface area contributed by atoms with E-state index >= 15 is 0 Å². The summed E-state index contributed by atoms with van der Waals surface area (Å²) >= 11 is 7.68. The van der Waals surface area contributed by atoms with E-state index in [0.29, 0.717) is 19.4 Å². The number of aryl methyl sites for hydroxylation is 2. The molecule has 1 saturated heterocycles. The second-order valence-electron chi connectivity index (χ2n) is 7.57. The molecule has 3 aromatic rings. The van der Waals surface area contributed by atoms with Crippen LogP contribution in [0.5, 0.6) is 0 Å². The first-order chi connectivity index (χ1) is 14.0. The van der Waals surface area contributed by atoms with E-state index in [1.54, 1.807) is 17.5 Å². The molecule has 1 aromatic carbocycles. The molecular formula is C22H24ClN3O2S. The van der Waals surface area contributed by atoms with Gasteiger partial charge in [0.15, 0.2) is 5.89 Å². The highest BCUT2D eigenvalue weighted by Crippen LogP contribution is 2.28. The van der Waals surface area contributed by atoms with Crippen molar-refractivity contribution in [3.63, 3.8) is 0 Å². The first-order valence-corrected chi connectivity index (χ1v) is 11.1. The Bertz CT molecular complexity index is 1010. The second kappa shape index (κ2) is 8.67. The van der Waals surface area contributed by atoms with Crippen LogP contribution in [-0.4, -0.2) is 33.9 Å². The molecule has 0 bridgehead atoms. The third-order valence-corrected chi connectivity index (χ3v) is 6.58. The third-order valence-electron chi connectivity index (χ3n) is 5.27. The molecule has 1 fully saturated rings. The molecule has 1 amide bonds. The van der Waals surface area contributed by atoms with E-state index < -0.39 is 0 Å². The first kappa shape index (κ1) is 20.1. The number of nitrogens with zero attached hydrogens (tertiary/aromatic N) is 3. The Morgan fingerprint density at radius 3 is 3.00 bits per heavy atom. The number of piperidine rings is 1. The van der Waals surface area contributed by atoms with Crippen molar-refractivity contribution < 1.29 is 9.21 Å². The minimum atomic E-state index is 0.144. The van der Waals surface area contributed by atoms with Crippen LogP contribution in [0.3, 0.4) is 0 Å². The van der Waals surface area contributed by atoms with E-state index in [2.05, 4.69) is 9.97 Å². The number of aromatic nitrogens is 2. The molecule has 0 spiro atoms.